The zero-order chi connectivity index (χ0) is 12.0. The average Bonchev–Trinajstić information content (AvgIpc) is 2.93. The number of Topliss-reactive ketones (excluding diaryl/α,β-unsaturated/α-hetero) is 1. The van der Waals surface area contributed by atoms with Crippen molar-refractivity contribution in [1.82, 2.24) is 0 Å². The van der Waals surface area contributed by atoms with Crippen molar-refractivity contribution < 1.29 is 4.79 Å². The van der Waals surface area contributed by atoms with E-state index in [0.29, 0.717) is 11.7 Å². The minimum absolute atomic E-state index is 0.316. The lowest BCUT2D eigenvalue weighted by Gasteiger charge is -2.20. The molecule has 0 N–H and O–H groups in total. The summed E-state index contributed by atoms with van der Waals surface area (Å²) < 4.78 is 2.00. The van der Waals surface area contributed by atoms with Crippen molar-refractivity contribution in [3.8, 4) is 0 Å². The van der Waals surface area contributed by atoms with Crippen LogP contribution in [0.1, 0.15) is 42.5 Å². The van der Waals surface area contributed by atoms with Gasteiger partial charge in [0.1, 0.15) is 0 Å². The van der Waals surface area contributed by atoms with Crippen molar-refractivity contribution in [3.63, 3.8) is 0 Å². The first-order valence-corrected chi connectivity index (χ1v) is 8.51. The summed E-state index contributed by atoms with van der Waals surface area (Å²) >= 11 is 8.49. The smallest absolute Gasteiger partial charge is 0.165 e. The molecule has 1 nitrogen and oxygen atoms in total. The number of ketones is 1. The van der Waals surface area contributed by atoms with Gasteiger partial charge in [-0.2, -0.15) is 0 Å². The van der Waals surface area contributed by atoms with Crippen LogP contribution >= 0.6 is 43.2 Å². The lowest BCUT2D eigenvalue weighted by atomic mass is 9.84. The van der Waals surface area contributed by atoms with E-state index >= 15 is 0 Å². The normalized spacial score (nSPS) is 31.1. The van der Waals surface area contributed by atoms with Gasteiger partial charge in [-0.3, -0.25) is 4.79 Å². The standard InChI is InChI=1S/C13H14Br2OS/c14-12-6-10(13(15)17-12)11(16)5-9-4-7-1-2-8(9)3-7/h6-9H,1-5H2. The van der Waals surface area contributed by atoms with Crippen LogP contribution in [-0.4, -0.2) is 5.78 Å². The lowest BCUT2D eigenvalue weighted by molar-refractivity contribution is 0.0944. The van der Waals surface area contributed by atoms with Crippen LogP contribution in [0.2, 0.25) is 0 Å². The van der Waals surface area contributed by atoms with Crippen LogP contribution in [-0.2, 0) is 0 Å². The third-order valence-electron chi connectivity index (χ3n) is 4.29. The number of halogens is 2. The molecule has 1 aromatic rings. The van der Waals surface area contributed by atoms with Crippen molar-refractivity contribution in [1.29, 1.82) is 0 Å². The first kappa shape index (κ1) is 12.4. The molecule has 4 heteroatoms. The summed E-state index contributed by atoms with van der Waals surface area (Å²) in [7, 11) is 0. The largest absolute Gasteiger partial charge is 0.294 e. The molecular formula is C13H14Br2OS. The molecule has 2 fully saturated rings. The Labute approximate surface area is 122 Å². The van der Waals surface area contributed by atoms with Crippen molar-refractivity contribution >= 4 is 49.0 Å². The molecule has 3 rings (SSSR count). The zero-order valence-corrected chi connectivity index (χ0v) is 13.4. The summed E-state index contributed by atoms with van der Waals surface area (Å²) in [6.45, 7) is 0. The number of thiophene rings is 1. The minimum Gasteiger partial charge on any atom is -0.294 e. The fraction of sp³-hybridized carbons (Fsp3) is 0.615. The maximum atomic E-state index is 12.3. The molecule has 0 spiro atoms. The molecule has 0 radical (unpaired) electrons. The third kappa shape index (κ3) is 2.41. The van der Waals surface area contributed by atoms with Gasteiger partial charge in [0.25, 0.3) is 0 Å². The second-order valence-corrected chi connectivity index (χ2v) is 9.05. The second-order valence-electron chi connectivity index (χ2n) is 5.30. The topological polar surface area (TPSA) is 17.1 Å². The van der Waals surface area contributed by atoms with Crippen molar-refractivity contribution in [2.45, 2.75) is 32.1 Å². The van der Waals surface area contributed by atoms with Crippen LogP contribution < -0.4 is 0 Å². The van der Waals surface area contributed by atoms with Gasteiger partial charge < -0.3 is 0 Å². The van der Waals surface area contributed by atoms with Gasteiger partial charge in [-0.25, -0.2) is 0 Å². The molecule has 1 heterocycles. The number of rotatable bonds is 3. The number of fused-ring (bicyclic) bond motifs is 2. The first-order chi connectivity index (χ1) is 8.13. The lowest BCUT2D eigenvalue weighted by Crippen LogP contribution is -2.15. The van der Waals surface area contributed by atoms with Crippen molar-refractivity contribution in [2.24, 2.45) is 17.8 Å². The summed E-state index contributed by atoms with van der Waals surface area (Å²) in [5.74, 6) is 2.74. The molecule has 0 amide bonds. The fourth-order valence-electron chi connectivity index (χ4n) is 3.50. The maximum absolute atomic E-state index is 12.3. The van der Waals surface area contributed by atoms with Crippen molar-refractivity contribution in [2.75, 3.05) is 0 Å². The monoisotopic (exact) mass is 376 g/mol. The highest BCUT2D eigenvalue weighted by atomic mass is 79.9. The molecule has 17 heavy (non-hydrogen) atoms. The Hall–Kier alpha value is 0.330. The molecule has 2 bridgehead atoms. The first-order valence-electron chi connectivity index (χ1n) is 6.11. The third-order valence-corrected chi connectivity index (χ3v) is 6.63. The molecule has 0 aliphatic heterocycles. The maximum Gasteiger partial charge on any atom is 0.165 e. The number of hydrogen-bond donors (Lipinski definition) is 0. The van der Waals surface area contributed by atoms with Crippen LogP contribution in [0.25, 0.3) is 0 Å². The predicted octanol–water partition coefficient (Wildman–Crippen LogP) is 5.28. The van der Waals surface area contributed by atoms with Gasteiger partial charge >= 0.3 is 0 Å². The Morgan fingerprint density at radius 2 is 2.18 bits per heavy atom. The Kier molecular flexibility index (Phi) is 3.48. The average molecular weight is 378 g/mol. The van der Waals surface area contributed by atoms with E-state index in [2.05, 4.69) is 31.9 Å². The molecule has 3 atom stereocenters. The number of carbonyl (C=O) groups is 1. The molecule has 2 saturated carbocycles. The van der Waals surface area contributed by atoms with E-state index < -0.39 is 0 Å². The van der Waals surface area contributed by atoms with Crippen LogP contribution in [0.3, 0.4) is 0 Å². The highest BCUT2D eigenvalue weighted by Gasteiger charge is 2.40. The van der Waals surface area contributed by atoms with E-state index in [1.807, 2.05) is 6.07 Å². The molecule has 1 aromatic heterocycles. The van der Waals surface area contributed by atoms with Crippen LogP contribution in [0.4, 0.5) is 0 Å². The van der Waals surface area contributed by atoms with Gasteiger partial charge in [0.15, 0.2) is 5.78 Å². The second kappa shape index (κ2) is 4.78. The summed E-state index contributed by atoms with van der Waals surface area (Å²) in [4.78, 5) is 12.3. The molecule has 2 aliphatic rings. The van der Waals surface area contributed by atoms with Crippen LogP contribution in [0, 0.1) is 17.8 Å². The minimum atomic E-state index is 0.316. The van der Waals surface area contributed by atoms with Gasteiger partial charge in [0, 0.05) is 12.0 Å². The summed E-state index contributed by atoms with van der Waals surface area (Å²) in [6, 6.07) is 1.95. The summed E-state index contributed by atoms with van der Waals surface area (Å²) in [6.07, 6.45) is 6.19. The van der Waals surface area contributed by atoms with E-state index in [9.17, 15) is 4.79 Å². The van der Waals surface area contributed by atoms with E-state index in [1.165, 1.54) is 25.7 Å². The predicted molar refractivity (Wildman–Crippen MR) is 77.6 cm³/mol. The van der Waals surface area contributed by atoms with Crippen molar-refractivity contribution in [3.05, 3.63) is 19.2 Å². The molecule has 92 valence electrons. The van der Waals surface area contributed by atoms with E-state index in [4.69, 9.17) is 0 Å². The van der Waals surface area contributed by atoms with Gasteiger partial charge in [-0.1, -0.05) is 6.42 Å². The van der Waals surface area contributed by atoms with Gasteiger partial charge in [-0.15, -0.1) is 11.3 Å². The van der Waals surface area contributed by atoms with Gasteiger partial charge in [0.05, 0.1) is 7.57 Å². The number of carbonyl (C=O) groups excluding carboxylic acids is 1. The Bertz CT molecular complexity index is 454. The quantitative estimate of drug-likeness (QED) is 0.654. The number of hydrogen-bond acceptors (Lipinski definition) is 2. The summed E-state index contributed by atoms with van der Waals surface area (Å²) in [5, 5.41) is 0. The molecule has 0 saturated heterocycles. The molecule has 0 aromatic carbocycles. The fourth-order valence-corrected chi connectivity index (χ4v) is 6.36. The highest BCUT2D eigenvalue weighted by molar-refractivity contribution is 9.12. The van der Waals surface area contributed by atoms with E-state index in [-0.39, 0.29) is 0 Å². The van der Waals surface area contributed by atoms with Crippen LogP contribution in [0.5, 0.6) is 0 Å². The molecular weight excluding hydrogens is 364 g/mol. The van der Waals surface area contributed by atoms with Crippen LogP contribution in [0.15, 0.2) is 13.6 Å². The van der Waals surface area contributed by atoms with E-state index in [0.717, 1.165) is 31.4 Å². The SMILES string of the molecule is O=C(CC1CC2CCC1C2)c1cc(Br)sc1Br. The Morgan fingerprint density at radius 1 is 1.35 bits per heavy atom. The van der Waals surface area contributed by atoms with Gasteiger partial charge in [-0.05, 0) is 74.9 Å². The Morgan fingerprint density at radius 3 is 2.71 bits per heavy atom. The molecule has 2 aliphatic carbocycles. The zero-order valence-electron chi connectivity index (χ0n) is 9.42. The molecule has 3 unspecified atom stereocenters. The highest BCUT2D eigenvalue weighted by Crippen LogP contribution is 2.50. The van der Waals surface area contributed by atoms with Gasteiger partial charge in [0.2, 0.25) is 0 Å². The Balaban J connectivity index is 1.69. The summed E-state index contributed by atoms with van der Waals surface area (Å²) in [5.41, 5.74) is 0.865. The van der Waals surface area contributed by atoms with E-state index in [1.54, 1.807) is 11.3 Å².